The number of carboxylic acids is 1. The Morgan fingerprint density at radius 3 is 2.45 bits per heavy atom. The fraction of sp³-hybridized carbons (Fsp3) is 0.333. The summed E-state index contributed by atoms with van der Waals surface area (Å²) in [6.45, 7) is -0.390. The zero-order valence-corrected chi connectivity index (χ0v) is 12.1. The Hall–Kier alpha value is -2.12. The molecule has 0 bridgehead atoms. The zero-order chi connectivity index (χ0) is 17.1. The van der Waals surface area contributed by atoms with Crippen molar-refractivity contribution in [1.82, 2.24) is 4.31 Å². The second-order valence-electron chi connectivity index (χ2n) is 4.29. The van der Waals surface area contributed by atoms with Crippen molar-refractivity contribution in [2.45, 2.75) is 17.5 Å². The average Bonchev–Trinajstić information content (AvgIpc) is 2.42. The van der Waals surface area contributed by atoms with Gasteiger partial charge in [-0.15, -0.1) is 0 Å². The third kappa shape index (κ3) is 3.96. The van der Waals surface area contributed by atoms with Crippen molar-refractivity contribution in [3.8, 4) is 6.07 Å². The van der Waals surface area contributed by atoms with Crippen molar-refractivity contribution in [1.29, 1.82) is 5.26 Å². The molecule has 0 amide bonds. The number of sulfonamides is 1. The van der Waals surface area contributed by atoms with Crippen LogP contribution in [0.1, 0.15) is 17.5 Å². The molecule has 6 nitrogen and oxygen atoms in total. The molecule has 10 heteroatoms. The largest absolute Gasteiger partial charge is 0.481 e. The number of benzene rings is 1. The van der Waals surface area contributed by atoms with E-state index in [-0.39, 0.29) is 6.54 Å². The molecule has 0 aromatic heterocycles. The average molecular weight is 336 g/mol. The van der Waals surface area contributed by atoms with E-state index in [9.17, 15) is 26.4 Å². The monoisotopic (exact) mass is 336 g/mol. The molecule has 22 heavy (non-hydrogen) atoms. The molecule has 0 saturated heterocycles. The van der Waals surface area contributed by atoms with E-state index in [1.165, 1.54) is 6.07 Å². The zero-order valence-electron chi connectivity index (χ0n) is 11.3. The molecule has 0 radical (unpaired) electrons. The van der Waals surface area contributed by atoms with Crippen LogP contribution in [0.25, 0.3) is 0 Å². The van der Waals surface area contributed by atoms with Crippen molar-refractivity contribution in [2.75, 3.05) is 13.6 Å². The molecule has 1 N–H and O–H groups in total. The highest BCUT2D eigenvalue weighted by Gasteiger charge is 2.35. The lowest BCUT2D eigenvalue weighted by molar-refractivity contribution is -0.138. The molecular weight excluding hydrogens is 325 g/mol. The first-order valence-electron chi connectivity index (χ1n) is 5.79. The van der Waals surface area contributed by atoms with Crippen LogP contribution in [-0.2, 0) is 21.0 Å². The predicted octanol–water partition coefficient (Wildman–Crippen LogP) is 1.67. The Labute approximate surface area is 124 Å². The van der Waals surface area contributed by atoms with Crippen LogP contribution in [0.15, 0.2) is 23.1 Å². The normalized spacial score (nSPS) is 12.2. The number of rotatable bonds is 5. The maximum Gasteiger partial charge on any atom is 0.417 e. The standard InChI is InChI=1S/C12H11F3N2O4S/c1-17(5-4-11(18)19)22(20,21)9-3-2-8(7-16)10(6-9)12(13,14)15/h2-3,6H,4-5H2,1H3,(H,18,19). The summed E-state index contributed by atoms with van der Waals surface area (Å²) < 4.78 is 63.3. The van der Waals surface area contributed by atoms with Gasteiger partial charge in [-0.05, 0) is 18.2 Å². The second kappa shape index (κ2) is 6.33. The minimum absolute atomic E-state index is 0.366. The summed E-state index contributed by atoms with van der Waals surface area (Å²) in [4.78, 5) is 9.77. The van der Waals surface area contributed by atoms with Crippen molar-refractivity contribution >= 4 is 16.0 Å². The Morgan fingerprint density at radius 1 is 1.41 bits per heavy atom. The fourth-order valence-corrected chi connectivity index (χ4v) is 2.77. The summed E-state index contributed by atoms with van der Waals surface area (Å²) in [5.74, 6) is -1.24. The molecule has 120 valence electrons. The van der Waals surface area contributed by atoms with E-state index in [1.807, 2.05) is 0 Å². The minimum Gasteiger partial charge on any atom is -0.481 e. The first-order chi connectivity index (χ1) is 10.00. The molecule has 1 aromatic carbocycles. The number of carbonyl (C=O) groups is 1. The van der Waals surface area contributed by atoms with Crippen LogP contribution in [0.2, 0.25) is 0 Å². The summed E-state index contributed by atoms with van der Waals surface area (Å²) in [7, 11) is -3.22. The number of hydrogen-bond acceptors (Lipinski definition) is 4. The van der Waals surface area contributed by atoms with Crippen LogP contribution in [0.3, 0.4) is 0 Å². The summed E-state index contributed by atoms with van der Waals surface area (Å²) in [6, 6.07) is 3.35. The SMILES string of the molecule is CN(CCC(=O)O)S(=O)(=O)c1ccc(C#N)c(C(F)(F)F)c1. The third-order valence-corrected chi connectivity index (χ3v) is 4.62. The van der Waals surface area contributed by atoms with Crippen LogP contribution in [0.4, 0.5) is 13.2 Å². The van der Waals surface area contributed by atoms with E-state index in [0.29, 0.717) is 10.4 Å². The molecule has 0 unspecified atom stereocenters. The molecule has 0 aliphatic heterocycles. The lowest BCUT2D eigenvalue weighted by Gasteiger charge is -2.17. The third-order valence-electron chi connectivity index (χ3n) is 2.77. The van der Waals surface area contributed by atoms with Gasteiger partial charge >= 0.3 is 12.1 Å². The van der Waals surface area contributed by atoms with Gasteiger partial charge in [-0.3, -0.25) is 4.79 Å². The minimum atomic E-state index is -4.88. The van der Waals surface area contributed by atoms with Gasteiger partial charge in [0.15, 0.2) is 0 Å². The number of hydrogen-bond donors (Lipinski definition) is 1. The molecule has 0 fully saturated rings. The summed E-state index contributed by atoms with van der Waals surface area (Å²) >= 11 is 0. The maximum atomic E-state index is 12.8. The Morgan fingerprint density at radius 2 is 2.00 bits per heavy atom. The summed E-state index contributed by atoms with van der Waals surface area (Å²) in [6.07, 6.45) is -5.37. The van der Waals surface area contributed by atoms with Crippen LogP contribution < -0.4 is 0 Å². The quantitative estimate of drug-likeness (QED) is 0.882. The van der Waals surface area contributed by atoms with E-state index < -0.39 is 44.6 Å². The van der Waals surface area contributed by atoms with Crippen LogP contribution in [0, 0.1) is 11.3 Å². The summed E-state index contributed by atoms with van der Waals surface area (Å²) in [5.41, 5.74) is -2.05. The number of alkyl halides is 3. The summed E-state index contributed by atoms with van der Waals surface area (Å²) in [5, 5.41) is 17.2. The molecule has 1 rings (SSSR count). The fourth-order valence-electron chi connectivity index (χ4n) is 1.57. The topological polar surface area (TPSA) is 98.5 Å². The van der Waals surface area contributed by atoms with Crippen LogP contribution >= 0.6 is 0 Å². The van der Waals surface area contributed by atoms with Crippen molar-refractivity contribution in [2.24, 2.45) is 0 Å². The molecule has 1 aromatic rings. The first kappa shape index (κ1) is 17.9. The van der Waals surface area contributed by atoms with Gasteiger partial charge in [-0.25, -0.2) is 12.7 Å². The highest BCUT2D eigenvalue weighted by atomic mass is 32.2. The molecule has 0 heterocycles. The molecule has 0 atom stereocenters. The van der Waals surface area contributed by atoms with Gasteiger partial charge < -0.3 is 5.11 Å². The number of halogens is 3. The van der Waals surface area contributed by atoms with E-state index in [2.05, 4.69) is 0 Å². The smallest absolute Gasteiger partial charge is 0.417 e. The first-order valence-corrected chi connectivity index (χ1v) is 7.23. The van der Waals surface area contributed by atoms with Crippen molar-refractivity contribution in [3.63, 3.8) is 0 Å². The highest BCUT2D eigenvalue weighted by Crippen LogP contribution is 2.33. The molecular formula is C12H11F3N2O4S. The van der Waals surface area contributed by atoms with E-state index in [1.54, 1.807) is 0 Å². The van der Waals surface area contributed by atoms with Gasteiger partial charge in [0.2, 0.25) is 10.0 Å². The molecule has 0 aliphatic rings. The van der Waals surface area contributed by atoms with Gasteiger partial charge in [-0.1, -0.05) is 0 Å². The lowest BCUT2D eigenvalue weighted by Crippen LogP contribution is -2.29. The number of aliphatic carboxylic acids is 1. The molecule has 0 saturated carbocycles. The Kier molecular flexibility index (Phi) is 5.16. The van der Waals surface area contributed by atoms with E-state index in [0.717, 1.165) is 19.2 Å². The van der Waals surface area contributed by atoms with Gasteiger partial charge in [0, 0.05) is 13.6 Å². The van der Waals surface area contributed by atoms with Gasteiger partial charge in [-0.2, -0.15) is 18.4 Å². The molecule has 0 aliphatic carbocycles. The predicted molar refractivity (Wildman–Crippen MR) is 68.2 cm³/mol. The number of nitriles is 1. The number of nitrogens with zero attached hydrogens (tertiary/aromatic N) is 2. The Balaban J connectivity index is 3.27. The van der Waals surface area contributed by atoms with Crippen molar-refractivity contribution < 1.29 is 31.5 Å². The highest BCUT2D eigenvalue weighted by molar-refractivity contribution is 7.89. The Bertz CT molecular complexity index is 723. The van der Waals surface area contributed by atoms with Gasteiger partial charge in [0.1, 0.15) is 0 Å². The number of carboxylic acid groups (broad SMARTS) is 1. The van der Waals surface area contributed by atoms with E-state index in [4.69, 9.17) is 10.4 Å². The van der Waals surface area contributed by atoms with Crippen LogP contribution in [0.5, 0.6) is 0 Å². The molecule has 0 spiro atoms. The second-order valence-corrected chi connectivity index (χ2v) is 6.33. The van der Waals surface area contributed by atoms with Gasteiger partial charge in [0.25, 0.3) is 0 Å². The maximum absolute atomic E-state index is 12.8. The lowest BCUT2D eigenvalue weighted by atomic mass is 10.1. The van der Waals surface area contributed by atoms with Gasteiger partial charge in [0.05, 0.1) is 28.5 Å². The van der Waals surface area contributed by atoms with Crippen molar-refractivity contribution in [3.05, 3.63) is 29.3 Å². The van der Waals surface area contributed by atoms with Crippen LogP contribution in [-0.4, -0.2) is 37.4 Å². The van der Waals surface area contributed by atoms with E-state index >= 15 is 0 Å².